The van der Waals surface area contributed by atoms with Crippen LogP contribution in [0.15, 0.2) is 18.3 Å². The summed E-state index contributed by atoms with van der Waals surface area (Å²) in [6.07, 6.45) is 2.15. The van der Waals surface area contributed by atoms with Crippen molar-refractivity contribution in [2.24, 2.45) is 5.92 Å². The fraction of sp³-hybridized carbons (Fsp3) is 0.545. The van der Waals surface area contributed by atoms with Crippen molar-refractivity contribution >= 4 is 5.91 Å². The van der Waals surface area contributed by atoms with E-state index < -0.39 is 0 Å². The van der Waals surface area contributed by atoms with Crippen LogP contribution in [-0.4, -0.2) is 28.6 Å². The van der Waals surface area contributed by atoms with Gasteiger partial charge in [-0.15, -0.1) is 0 Å². The van der Waals surface area contributed by atoms with E-state index in [0.29, 0.717) is 6.42 Å². The van der Waals surface area contributed by atoms with Crippen LogP contribution in [0, 0.1) is 5.92 Å². The lowest BCUT2D eigenvalue weighted by atomic mass is 10.1. The number of hydrogen-bond donors (Lipinski definition) is 3. The van der Waals surface area contributed by atoms with Crippen LogP contribution in [-0.2, 0) is 11.2 Å². The van der Waals surface area contributed by atoms with Gasteiger partial charge in [0, 0.05) is 24.5 Å². The van der Waals surface area contributed by atoms with Crippen LogP contribution in [0.4, 0.5) is 0 Å². The number of hydrogen-bond acceptors (Lipinski definition) is 2. The van der Waals surface area contributed by atoms with Crippen LogP contribution < -0.4 is 5.32 Å². The number of rotatable bonds is 5. The third-order valence-corrected chi connectivity index (χ3v) is 2.54. The second-order valence-electron chi connectivity index (χ2n) is 3.89. The monoisotopic (exact) mass is 210 g/mol. The molecule has 0 aliphatic heterocycles. The molecule has 0 fully saturated rings. The lowest BCUT2D eigenvalue weighted by molar-refractivity contribution is -0.121. The van der Waals surface area contributed by atoms with E-state index in [1.165, 1.54) is 0 Å². The van der Waals surface area contributed by atoms with E-state index in [0.717, 1.165) is 5.69 Å². The molecule has 0 aliphatic carbocycles. The van der Waals surface area contributed by atoms with Gasteiger partial charge in [-0.1, -0.05) is 6.92 Å². The summed E-state index contributed by atoms with van der Waals surface area (Å²) in [6, 6.07) is 3.74. The van der Waals surface area contributed by atoms with E-state index in [-0.39, 0.29) is 24.5 Å². The minimum Gasteiger partial charge on any atom is -0.396 e. The van der Waals surface area contributed by atoms with Crippen molar-refractivity contribution in [1.29, 1.82) is 0 Å². The minimum absolute atomic E-state index is 0.00235. The van der Waals surface area contributed by atoms with Crippen molar-refractivity contribution in [1.82, 2.24) is 10.3 Å². The predicted molar refractivity (Wildman–Crippen MR) is 58.4 cm³/mol. The maximum atomic E-state index is 11.5. The maximum absolute atomic E-state index is 11.5. The van der Waals surface area contributed by atoms with E-state index >= 15 is 0 Å². The Morgan fingerprint density at radius 2 is 2.33 bits per heavy atom. The standard InChI is InChI=1S/C11H18N2O2/c1-8(7-14)9(2)13-11(15)6-10-4-3-5-12-10/h3-5,8-9,12,14H,6-7H2,1-2H3,(H,13,15). The fourth-order valence-electron chi connectivity index (χ4n) is 1.26. The van der Waals surface area contributed by atoms with Crippen molar-refractivity contribution in [2.75, 3.05) is 6.61 Å². The number of nitrogens with one attached hydrogen (secondary N) is 2. The Bertz CT molecular complexity index is 296. The highest BCUT2D eigenvalue weighted by atomic mass is 16.3. The van der Waals surface area contributed by atoms with E-state index in [1.807, 2.05) is 26.0 Å². The van der Waals surface area contributed by atoms with Crippen LogP contribution in [0.3, 0.4) is 0 Å². The zero-order valence-electron chi connectivity index (χ0n) is 9.16. The SMILES string of the molecule is CC(CO)C(C)NC(=O)Cc1ccc[nH]1. The second-order valence-corrected chi connectivity index (χ2v) is 3.89. The average molecular weight is 210 g/mol. The quantitative estimate of drug-likeness (QED) is 0.669. The zero-order valence-corrected chi connectivity index (χ0v) is 9.16. The molecule has 0 aromatic carbocycles. The molecule has 0 bridgehead atoms. The smallest absolute Gasteiger partial charge is 0.226 e. The lowest BCUT2D eigenvalue weighted by Crippen LogP contribution is -2.39. The summed E-state index contributed by atoms with van der Waals surface area (Å²) in [7, 11) is 0. The van der Waals surface area contributed by atoms with Crippen LogP contribution in [0.5, 0.6) is 0 Å². The largest absolute Gasteiger partial charge is 0.396 e. The Morgan fingerprint density at radius 3 is 2.87 bits per heavy atom. The van der Waals surface area contributed by atoms with Gasteiger partial charge in [0.2, 0.25) is 5.91 Å². The summed E-state index contributed by atoms with van der Waals surface area (Å²) >= 11 is 0. The van der Waals surface area contributed by atoms with Gasteiger partial charge in [-0.25, -0.2) is 0 Å². The molecule has 0 spiro atoms. The predicted octanol–water partition coefficient (Wildman–Crippen LogP) is 0.690. The average Bonchev–Trinajstić information content (AvgIpc) is 2.68. The molecule has 4 nitrogen and oxygen atoms in total. The lowest BCUT2D eigenvalue weighted by Gasteiger charge is -2.18. The van der Waals surface area contributed by atoms with Gasteiger partial charge in [-0.3, -0.25) is 4.79 Å². The maximum Gasteiger partial charge on any atom is 0.226 e. The Morgan fingerprint density at radius 1 is 1.60 bits per heavy atom. The number of aromatic nitrogens is 1. The third kappa shape index (κ3) is 3.75. The molecular weight excluding hydrogens is 192 g/mol. The number of aliphatic hydroxyl groups excluding tert-OH is 1. The molecule has 15 heavy (non-hydrogen) atoms. The summed E-state index contributed by atoms with van der Waals surface area (Å²) in [5.41, 5.74) is 0.899. The van der Waals surface area contributed by atoms with E-state index in [9.17, 15) is 4.79 Å². The van der Waals surface area contributed by atoms with Crippen molar-refractivity contribution in [3.8, 4) is 0 Å². The molecule has 1 amide bonds. The zero-order chi connectivity index (χ0) is 11.3. The molecule has 0 saturated heterocycles. The van der Waals surface area contributed by atoms with Crippen molar-refractivity contribution < 1.29 is 9.90 Å². The first-order valence-electron chi connectivity index (χ1n) is 5.16. The molecule has 2 unspecified atom stereocenters. The summed E-state index contributed by atoms with van der Waals surface area (Å²) < 4.78 is 0. The Balaban J connectivity index is 2.36. The number of aliphatic hydroxyl groups is 1. The molecule has 0 aliphatic rings. The first-order chi connectivity index (χ1) is 7.13. The van der Waals surface area contributed by atoms with Crippen LogP contribution >= 0.6 is 0 Å². The van der Waals surface area contributed by atoms with Gasteiger partial charge in [0.1, 0.15) is 0 Å². The molecule has 1 heterocycles. The normalized spacial score (nSPS) is 14.6. The van der Waals surface area contributed by atoms with Crippen molar-refractivity contribution in [2.45, 2.75) is 26.3 Å². The highest BCUT2D eigenvalue weighted by Gasteiger charge is 2.13. The minimum atomic E-state index is -0.0229. The number of amides is 1. The molecule has 0 saturated carbocycles. The molecule has 3 N–H and O–H groups in total. The Kier molecular flexibility index (Phi) is 4.37. The van der Waals surface area contributed by atoms with Gasteiger partial charge in [-0.05, 0) is 25.0 Å². The first kappa shape index (κ1) is 11.8. The third-order valence-electron chi connectivity index (χ3n) is 2.54. The van der Waals surface area contributed by atoms with Gasteiger partial charge >= 0.3 is 0 Å². The van der Waals surface area contributed by atoms with E-state index in [2.05, 4.69) is 10.3 Å². The molecule has 1 rings (SSSR count). The number of H-pyrrole nitrogens is 1. The van der Waals surface area contributed by atoms with Crippen molar-refractivity contribution in [3.63, 3.8) is 0 Å². The summed E-state index contributed by atoms with van der Waals surface area (Å²) in [6.45, 7) is 3.89. The number of aromatic amines is 1. The number of carbonyl (C=O) groups is 1. The highest BCUT2D eigenvalue weighted by Crippen LogP contribution is 2.02. The van der Waals surface area contributed by atoms with Crippen LogP contribution in [0.2, 0.25) is 0 Å². The highest BCUT2D eigenvalue weighted by molar-refractivity contribution is 5.78. The Labute approximate surface area is 89.7 Å². The van der Waals surface area contributed by atoms with E-state index in [4.69, 9.17) is 5.11 Å². The Hall–Kier alpha value is -1.29. The molecular formula is C11H18N2O2. The topological polar surface area (TPSA) is 65.1 Å². The molecule has 1 aromatic heterocycles. The van der Waals surface area contributed by atoms with E-state index in [1.54, 1.807) is 6.20 Å². The molecule has 0 radical (unpaired) electrons. The van der Waals surface area contributed by atoms with Gasteiger partial charge in [-0.2, -0.15) is 0 Å². The molecule has 2 atom stereocenters. The molecule has 84 valence electrons. The van der Waals surface area contributed by atoms with Gasteiger partial charge in [0.15, 0.2) is 0 Å². The first-order valence-corrected chi connectivity index (χ1v) is 5.16. The second kappa shape index (κ2) is 5.56. The summed E-state index contributed by atoms with van der Waals surface area (Å²) in [4.78, 5) is 14.5. The summed E-state index contributed by atoms with van der Waals surface area (Å²) in [5, 5.41) is 11.8. The summed E-state index contributed by atoms with van der Waals surface area (Å²) in [5.74, 6) is 0.0582. The van der Waals surface area contributed by atoms with Gasteiger partial charge in [0.05, 0.1) is 6.42 Å². The van der Waals surface area contributed by atoms with Crippen molar-refractivity contribution in [3.05, 3.63) is 24.0 Å². The molecule has 4 heteroatoms. The van der Waals surface area contributed by atoms with Gasteiger partial charge < -0.3 is 15.4 Å². The molecule has 1 aromatic rings. The number of carbonyl (C=O) groups excluding carboxylic acids is 1. The van der Waals surface area contributed by atoms with Crippen LogP contribution in [0.25, 0.3) is 0 Å². The van der Waals surface area contributed by atoms with Crippen LogP contribution in [0.1, 0.15) is 19.5 Å². The fourth-order valence-corrected chi connectivity index (χ4v) is 1.26. The van der Waals surface area contributed by atoms with Gasteiger partial charge in [0.25, 0.3) is 0 Å².